The Kier molecular flexibility index (Phi) is 9.21. The van der Waals surface area contributed by atoms with Crippen molar-refractivity contribution in [1.29, 1.82) is 0 Å². The van der Waals surface area contributed by atoms with Gasteiger partial charge in [0.1, 0.15) is 6.04 Å². The van der Waals surface area contributed by atoms with Crippen molar-refractivity contribution < 1.29 is 14.4 Å². The number of aromatic nitrogens is 2. The van der Waals surface area contributed by atoms with Crippen LogP contribution in [0.25, 0.3) is 15.7 Å². The number of fused-ring (bicyclic) bond motifs is 2. The van der Waals surface area contributed by atoms with Gasteiger partial charge in [-0.05, 0) is 93.4 Å². The zero-order chi connectivity index (χ0) is 33.2. The molecule has 1 atom stereocenters. The average Bonchev–Trinajstić information content (AvgIpc) is 3.60. The number of carbonyl (C=O) groups is 3. The molecule has 3 saturated heterocycles. The molecule has 3 fully saturated rings. The maximum absolute atomic E-state index is 14.1. The van der Waals surface area contributed by atoms with Gasteiger partial charge in [0.2, 0.25) is 5.91 Å². The molecule has 5 amide bonds. The lowest BCUT2D eigenvalue weighted by molar-refractivity contribution is -0.134. The summed E-state index contributed by atoms with van der Waals surface area (Å²) in [4.78, 5) is 52.6. The number of rotatable bonds is 6. The number of anilines is 1. The van der Waals surface area contributed by atoms with Gasteiger partial charge in [0.05, 0.1) is 18.3 Å². The second kappa shape index (κ2) is 13.8. The van der Waals surface area contributed by atoms with Crippen LogP contribution >= 0.6 is 0 Å². The van der Waals surface area contributed by atoms with Gasteiger partial charge in [-0.25, -0.2) is 14.4 Å². The smallest absolute Gasteiger partial charge is 0.322 e. The topological polar surface area (TPSA) is 121 Å². The quantitative estimate of drug-likeness (QED) is 0.323. The van der Waals surface area contributed by atoms with Crippen molar-refractivity contribution in [3.8, 4) is 0 Å². The molecule has 0 spiro atoms. The number of hydrogen-bond donors (Lipinski definition) is 3. The Morgan fingerprint density at radius 1 is 0.979 bits per heavy atom. The van der Waals surface area contributed by atoms with E-state index in [0.29, 0.717) is 63.7 Å². The average molecular weight is 652 g/mol. The number of likely N-dealkylation sites (tertiary alicyclic amines) is 3. The van der Waals surface area contributed by atoms with Crippen LogP contribution in [0.1, 0.15) is 61.6 Å². The number of benzene rings is 2. The van der Waals surface area contributed by atoms with Gasteiger partial charge in [0.15, 0.2) is 5.69 Å². The highest BCUT2D eigenvalue weighted by Crippen LogP contribution is 2.31. The molecular formula is C36H45N9O3. The Morgan fingerprint density at radius 2 is 1.71 bits per heavy atom. The number of carbonyl (C=O) groups excluding carboxylic acids is 3. The lowest BCUT2D eigenvalue weighted by atomic mass is 9.97. The van der Waals surface area contributed by atoms with Crippen LogP contribution in [0.2, 0.25) is 0 Å². The lowest BCUT2D eigenvalue weighted by Gasteiger charge is -2.42. The second-order valence-corrected chi connectivity index (χ2v) is 13.8. The van der Waals surface area contributed by atoms with Gasteiger partial charge in [-0.2, -0.15) is 5.10 Å². The zero-order valence-corrected chi connectivity index (χ0v) is 27.7. The normalized spacial score (nSPS) is 20.2. The summed E-state index contributed by atoms with van der Waals surface area (Å²) in [5.41, 5.74) is 5.23. The molecule has 252 valence electrons. The van der Waals surface area contributed by atoms with Crippen LogP contribution < -0.4 is 10.6 Å². The van der Waals surface area contributed by atoms with Crippen LogP contribution in [0.5, 0.6) is 0 Å². The van der Waals surface area contributed by atoms with E-state index in [4.69, 9.17) is 6.57 Å². The number of H-pyrrole nitrogens is 1. The molecule has 3 aromatic rings. The van der Waals surface area contributed by atoms with E-state index in [2.05, 4.69) is 42.7 Å². The van der Waals surface area contributed by atoms with Crippen molar-refractivity contribution in [2.75, 3.05) is 44.6 Å². The molecule has 0 saturated carbocycles. The van der Waals surface area contributed by atoms with E-state index in [9.17, 15) is 14.4 Å². The maximum Gasteiger partial charge on any atom is 0.322 e. The number of aryl methyl sites for hydroxylation is 1. The molecule has 1 unspecified atom stereocenters. The van der Waals surface area contributed by atoms with Gasteiger partial charge in [-0.15, -0.1) is 0 Å². The van der Waals surface area contributed by atoms with Gasteiger partial charge >= 0.3 is 12.1 Å². The Bertz CT molecular complexity index is 1710. The van der Waals surface area contributed by atoms with E-state index in [-0.39, 0.29) is 24.0 Å². The van der Waals surface area contributed by atoms with Crippen molar-refractivity contribution in [1.82, 2.24) is 35.1 Å². The van der Waals surface area contributed by atoms with Crippen molar-refractivity contribution in [2.45, 2.75) is 83.0 Å². The number of nitrogens with one attached hydrogen (secondary N) is 3. The third kappa shape index (κ3) is 6.69. The molecule has 5 heterocycles. The highest BCUT2D eigenvalue weighted by Gasteiger charge is 2.36. The Balaban J connectivity index is 1.01. The van der Waals surface area contributed by atoms with Crippen LogP contribution in [0.4, 0.5) is 21.0 Å². The summed E-state index contributed by atoms with van der Waals surface area (Å²) < 4.78 is 0. The van der Waals surface area contributed by atoms with Crippen molar-refractivity contribution in [3.05, 3.63) is 64.6 Å². The van der Waals surface area contributed by atoms with Crippen LogP contribution in [-0.2, 0) is 17.8 Å². The molecule has 0 aliphatic carbocycles. The van der Waals surface area contributed by atoms with Gasteiger partial charge in [0, 0.05) is 62.3 Å². The summed E-state index contributed by atoms with van der Waals surface area (Å²) in [6.45, 7) is 14.5. The third-order valence-electron chi connectivity index (χ3n) is 10.8. The first kappa shape index (κ1) is 31.9. The molecule has 0 bridgehead atoms. The predicted octanol–water partition coefficient (Wildman–Crippen LogP) is 5.03. The minimum Gasteiger partial charge on any atom is -0.341 e. The molecular weight excluding hydrogens is 606 g/mol. The molecule has 2 aromatic carbocycles. The molecule has 7 rings (SSSR count). The molecule has 3 N–H and O–H groups in total. The SMILES string of the molecule is [C-]#[N+]c1ccc2c(c1)CN(C1CCN(C(=O)NC(Cc3cc(C)c4[nH]ncc4c3)C(=O)N3CCC(N4CCCCC4)CC3)CC1)C(=O)N2. The molecule has 0 radical (unpaired) electrons. The summed E-state index contributed by atoms with van der Waals surface area (Å²) in [5.74, 6) is -0.0253. The number of amides is 5. The number of aromatic amines is 1. The molecule has 4 aliphatic heterocycles. The first-order valence-corrected chi connectivity index (χ1v) is 17.4. The summed E-state index contributed by atoms with van der Waals surface area (Å²) in [6.07, 6.45) is 9.22. The fourth-order valence-electron chi connectivity index (χ4n) is 8.08. The minimum atomic E-state index is -0.688. The third-order valence-corrected chi connectivity index (χ3v) is 10.8. The van der Waals surface area contributed by atoms with E-state index in [1.165, 1.54) is 19.3 Å². The fraction of sp³-hybridized carbons (Fsp3) is 0.528. The van der Waals surface area contributed by atoms with Crippen LogP contribution in [0.15, 0.2) is 36.5 Å². The van der Waals surface area contributed by atoms with Gasteiger partial charge in [-0.3, -0.25) is 9.89 Å². The summed E-state index contributed by atoms with van der Waals surface area (Å²) in [5, 5.41) is 14.3. The van der Waals surface area contributed by atoms with E-state index in [0.717, 1.165) is 59.2 Å². The largest absolute Gasteiger partial charge is 0.341 e. The Morgan fingerprint density at radius 3 is 2.46 bits per heavy atom. The fourth-order valence-corrected chi connectivity index (χ4v) is 8.08. The lowest BCUT2D eigenvalue weighted by Crippen LogP contribution is -2.57. The second-order valence-electron chi connectivity index (χ2n) is 13.8. The van der Waals surface area contributed by atoms with Crippen LogP contribution in [0.3, 0.4) is 0 Å². The number of urea groups is 2. The van der Waals surface area contributed by atoms with Crippen molar-refractivity contribution >= 4 is 40.2 Å². The molecule has 12 nitrogen and oxygen atoms in total. The van der Waals surface area contributed by atoms with E-state index < -0.39 is 6.04 Å². The standard InChI is InChI=1S/C36H45N9O3/c1-24-18-25(19-26-22-38-41-33(24)26)20-32(34(46)43-14-8-29(9-15-43)42-12-4-3-5-13-42)40-35(47)44-16-10-30(11-17-44)45-23-27-21-28(37-2)6-7-31(27)39-36(45)48/h6-7,18-19,21-22,29-30,32H,3-5,8-17,20,23H2,1H3,(H,38,41)(H,39,48)(H,40,47). The molecule has 4 aliphatic rings. The van der Waals surface area contributed by atoms with E-state index in [1.807, 2.05) is 22.8 Å². The van der Waals surface area contributed by atoms with Crippen LogP contribution in [-0.4, -0.2) is 105 Å². The van der Waals surface area contributed by atoms with Crippen LogP contribution in [0, 0.1) is 13.5 Å². The van der Waals surface area contributed by atoms with Gasteiger partial charge in [0.25, 0.3) is 0 Å². The first-order chi connectivity index (χ1) is 23.4. The van der Waals surface area contributed by atoms with Crippen molar-refractivity contribution in [3.63, 3.8) is 0 Å². The highest BCUT2D eigenvalue weighted by atomic mass is 16.2. The van der Waals surface area contributed by atoms with E-state index in [1.54, 1.807) is 23.2 Å². The van der Waals surface area contributed by atoms with Gasteiger partial charge in [-0.1, -0.05) is 18.6 Å². The number of hydrogen-bond acceptors (Lipinski definition) is 5. The van der Waals surface area contributed by atoms with Gasteiger partial charge < -0.3 is 30.2 Å². The minimum absolute atomic E-state index is 0.0253. The first-order valence-electron chi connectivity index (χ1n) is 17.4. The zero-order valence-electron chi connectivity index (χ0n) is 27.7. The predicted molar refractivity (Wildman–Crippen MR) is 184 cm³/mol. The highest BCUT2D eigenvalue weighted by molar-refractivity contribution is 5.93. The monoisotopic (exact) mass is 651 g/mol. The summed E-state index contributed by atoms with van der Waals surface area (Å²) in [6, 6.07) is 8.87. The van der Waals surface area contributed by atoms with Crippen molar-refractivity contribution in [2.24, 2.45) is 0 Å². The Hall–Kier alpha value is -4.63. The summed E-state index contributed by atoms with van der Waals surface area (Å²) >= 11 is 0. The summed E-state index contributed by atoms with van der Waals surface area (Å²) in [7, 11) is 0. The molecule has 12 heteroatoms. The number of nitrogens with zero attached hydrogens (tertiary/aromatic N) is 6. The van der Waals surface area contributed by atoms with E-state index >= 15 is 0 Å². The Labute approximate surface area is 281 Å². The molecule has 1 aromatic heterocycles. The number of piperidine rings is 3. The molecule has 48 heavy (non-hydrogen) atoms. The maximum atomic E-state index is 14.1.